The number of benzene rings is 1. The second kappa shape index (κ2) is 6.81. The molecule has 0 unspecified atom stereocenters. The topological polar surface area (TPSA) is 53.4 Å². The number of carboxylic acid groups (broad SMARTS) is 1. The van der Waals surface area contributed by atoms with Gasteiger partial charge in [-0.25, -0.2) is 9.78 Å². The molecule has 0 aliphatic carbocycles. The molecule has 1 aliphatic rings. The van der Waals surface area contributed by atoms with Crippen molar-refractivity contribution in [3.8, 4) is 0 Å². The second-order valence-electron chi connectivity index (χ2n) is 6.24. The normalized spacial score (nSPS) is 19.0. The van der Waals surface area contributed by atoms with Crippen LogP contribution in [0.2, 0.25) is 0 Å². The molecule has 0 bridgehead atoms. The molecule has 23 heavy (non-hydrogen) atoms. The smallest absolute Gasteiger partial charge is 0.335 e. The first-order valence-corrected chi connectivity index (χ1v) is 8.83. The highest BCUT2D eigenvalue weighted by atomic mass is 32.1. The molecule has 1 aromatic heterocycles. The number of hydrogen-bond donors (Lipinski definition) is 1. The van der Waals surface area contributed by atoms with E-state index >= 15 is 0 Å². The van der Waals surface area contributed by atoms with E-state index in [9.17, 15) is 4.79 Å². The zero-order chi connectivity index (χ0) is 16.4. The molecule has 1 aromatic carbocycles. The van der Waals surface area contributed by atoms with Crippen molar-refractivity contribution in [3.05, 3.63) is 51.0 Å². The van der Waals surface area contributed by atoms with Crippen LogP contribution in [0.4, 0.5) is 0 Å². The summed E-state index contributed by atoms with van der Waals surface area (Å²) in [6.07, 6.45) is 2.35. The summed E-state index contributed by atoms with van der Waals surface area (Å²) in [6.45, 7) is 7.28. The molecule has 2 aromatic rings. The number of thiazole rings is 1. The van der Waals surface area contributed by atoms with E-state index in [0.29, 0.717) is 11.5 Å². The van der Waals surface area contributed by atoms with E-state index in [4.69, 9.17) is 5.11 Å². The molecule has 1 saturated heterocycles. The highest BCUT2D eigenvalue weighted by Crippen LogP contribution is 2.29. The summed E-state index contributed by atoms with van der Waals surface area (Å²) in [5.41, 5.74) is 2.76. The SMILES string of the molecule is Cc1nc(C)c(CN2CCC[C@H](c3ccc(C(=O)O)cc3)C2)s1. The summed E-state index contributed by atoms with van der Waals surface area (Å²) in [7, 11) is 0. The predicted molar refractivity (Wildman–Crippen MR) is 92.2 cm³/mol. The van der Waals surface area contributed by atoms with Gasteiger partial charge in [0.25, 0.3) is 0 Å². The Bertz CT molecular complexity index is 694. The molecule has 5 heteroatoms. The predicted octanol–water partition coefficient (Wildman–Crippen LogP) is 3.84. The largest absolute Gasteiger partial charge is 0.478 e. The van der Waals surface area contributed by atoms with Gasteiger partial charge in [0.15, 0.2) is 0 Å². The number of rotatable bonds is 4. The second-order valence-corrected chi connectivity index (χ2v) is 7.53. The van der Waals surface area contributed by atoms with Gasteiger partial charge in [-0.05, 0) is 56.8 Å². The molecule has 3 rings (SSSR count). The summed E-state index contributed by atoms with van der Waals surface area (Å²) in [5, 5.41) is 10.1. The molecular formula is C18H22N2O2S. The number of nitrogens with zero attached hydrogens (tertiary/aromatic N) is 2. The molecule has 122 valence electrons. The van der Waals surface area contributed by atoms with Crippen molar-refractivity contribution < 1.29 is 9.90 Å². The Labute approximate surface area is 140 Å². The maximum absolute atomic E-state index is 11.0. The monoisotopic (exact) mass is 330 g/mol. The van der Waals surface area contributed by atoms with Crippen molar-refractivity contribution in [2.45, 2.75) is 39.2 Å². The van der Waals surface area contributed by atoms with Crippen molar-refractivity contribution in [2.24, 2.45) is 0 Å². The van der Waals surface area contributed by atoms with Gasteiger partial charge in [-0.2, -0.15) is 0 Å². The van der Waals surface area contributed by atoms with Gasteiger partial charge in [0.2, 0.25) is 0 Å². The highest BCUT2D eigenvalue weighted by molar-refractivity contribution is 7.11. The van der Waals surface area contributed by atoms with Crippen LogP contribution in [-0.2, 0) is 6.54 Å². The zero-order valence-electron chi connectivity index (χ0n) is 13.6. The fraction of sp³-hybridized carbons (Fsp3) is 0.444. The van der Waals surface area contributed by atoms with E-state index in [0.717, 1.165) is 30.3 Å². The van der Waals surface area contributed by atoms with Crippen LogP contribution in [0.1, 0.15) is 50.3 Å². The van der Waals surface area contributed by atoms with Gasteiger partial charge in [-0.3, -0.25) is 4.90 Å². The standard InChI is InChI=1S/C18H22N2O2S/c1-12-17(23-13(2)19-12)11-20-9-3-4-16(10-20)14-5-7-15(8-6-14)18(21)22/h5-8,16H,3-4,9-11H2,1-2H3,(H,21,22)/t16-/m0/s1. The third-order valence-corrected chi connectivity index (χ3v) is 5.56. The van der Waals surface area contributed by atoms with Crippen molar-refractivity contribution in [3.63, 3.8) is 0 Å². The van der Waals surface area contributed by atoms with Crippen molar-refractivity contribution >= 4 is 17.3 Å². The lowest BCUT2D eigenvalue weighted by molar-refractivity contribution is 0.0697. The number of hydrogen-bond acceptors (Lipinski definition) is 4. The molecule has 0 saturated carbocycles. The summed E-state index contributed by atoms with van der Waals surface area (Å²) in [5.74, 6) is -0.376. The number of aromatic nitrogens is 1. The lowest BCUT2D eigenvalue weighted by Crippen LogP contribution is -2.33. The number of likely N-dealkylation sites (tertiary alicyclic amines) is 1. The van der Waals surface area contributed by atoms with Crippen LogP contribution in [0, 0.1) is 13.8 Å². The molecule has 1 fully saturated rings. The Morgan fingerprint density at radius 1 is 1.35 bits per heavy atom. The third-order valence-electron chi connectivity index (χ3n) is 4.50. The highest BCUT2D eigenvalue weighted by Gasteiger charge is 2.22. The fourth-order valence-corrected chi connectivity index (χ4v) is 4.27. The minimum atomic E-state index is -0.863. The maximum atomic E-state index is 11.0. The van der Waals surface area contributed by atoms with Crippen LogP contribution < -0.4 is 0 Å². The number of aromatic carboxylic acids is 1. The van der Waals surface area contributed by atoms with Crippen LogP contribution in [0.3, 0.4) is 0 Å². The van der Waals surface area contributed by atoms with Gasteiger partial charge in [0, 0.05) is 18.0 Å². The van der Waals surface area contributed by atoms with Gasteiger partial charge in [0.05, 0.1) is 16.3 Å². The van der Waals surface area contributed by atoms with Crippen LogP contribution in [0.5, 0.6) is 0 Å². The minimum absolute atomic E-state index is 0.358. The Morgan fingerprint density at radius 3 is 2.70 bits per heavy atom. The first-order valence-electron chi connectivity index (χ1n) is 8.01. The van der Waals surface area contributed by atoms with Gasteiger partial charge in [-0.15, -0.1) is 11.3 Å². The molecule has 2 heterocycles. The number of carbonyl (C=O) groups is 1. The first kappa shape index (κ1) is 16.1. The summed E-state index contributed by atoms with van der Waals surface area (Å²) >= 11 is 1.79. The minimum Gasteiger partial charge on any atom is -0.478 e. The van der Waals surface area contributed by atoms with Gasteiger partial charge >= 0.3 is 5.97 Å². The Hall–Kier alpha value is -1.72. The fourth-order valence-electron chi connectivity index (χ4n) is 3.29. The quantitative estimate of drug-likeness (QED) is 0.925. The lowest BCUT2D eigenvalue weighted by Gasteiger charge is -2.32. The van der Waals surface area contributed by atoms with E-state index in [1.807, 2.05) is 12.1 Å². The lowest BCUT2D eigenvalue weighted by atomic mass is 9.90. The molecular weight excluding hydrogens is 308 g/mol. The number of carboxylic acids is 1. The van der Waals surface area contributed by atoms with Gasteiger partial charge in [0.1, 0.15) is 0 Å². The van der Waals surface area contributed by atoms with Crippen LogP contribution >= 0.6 is 11.3 Å². The molecule has 1 aliphatic heterocycles. The summed E-state index contributed by atoms with van der Waals surface area (Å²) in [6, 6.07) is 7.38. The number of piperidine rings is 1. The summed E-state index contributed by atoms with van der Waals surface area (Å²) in [4.78, 5) is 19.3. The van der Waals surface area contributed by atoms with Gasteiger partial charge < -0.3 is 5.11 Å². The van der Waals surface area contributed by atoms with E-state index in [-0.39, 0.29) is 0 Å². The average Bonchev–Trinajstić information content (AvgIpc) is 2.85. The van der Waals surface area contributed by atoms with E-state index in [2.05, 4.69) is 23.7 Å². The molecule has 0 spiro atoms. The summed E-state index contributed by atoms with van der Waals surface area (Å²) < 4.78 is 0. The maximum Gasteiger partial charge on any atom is 0.335 e. The van der Waals surface area contributed by atoms with Crippen molar-refractivity contribution in [2.75, 3.05) is 13.1 Å². The van der Waals surface area contributed by atoms with E-state index in [1.54, 1.807) is 23.5 Å². The third kappa shape index (κ3) is 3.79. The number of aryl methyl sites for hydroxylation is 2. The van der Waals surface area contributed by atoms with Crippen molar-refractivity contribution in [1.29, 1.82) is 0 Å². The van der Waals surface area contributed by atoms with E-state index < -0.39 is 5.97 Å². The zero-order valence-corrected chi connectivity index (χ0v) is 14.4. The molecule has 0 radical (unpaired) electrons. The Kier molecular flexibility index (Phi) is 4.78. The molecule has 0 amide bonds. The van der Waals surface area contributed by atoms with Crippen LogP contribution in [-0.4, -0.2) is 34.0 Å². The van der Waals surface area contributed by atoms with Crippen molar-refractivity contribution in [1.82, 2.24) is 9.88 Å². The molecule has 4 nitrogen and oxygen atoms in total. The van der Waals surface area contributed by atoms with Crippen LogP contribution in [0.15, 0.2) is 24.3 Å². The Balaban J connectivity index is 1.68. The average molecular weight is 330 g/mol. The Morgan fingerprint density at radius 2 is 2.09 bits per heavy atom. The molecule has 1 atom stereocenters. The molecule has 1 N–H and O–H groups in total. The van der Waals surface area contributed by atoms with Gasteiger partial charge in [-0.1, -0.05) is 12.1 Å². The van der Waals surface area contributed by atoms with Crippen LogP contribution in [0.25, 0.3) is 0 Å². The van der Waals surface area contributed by atoms with E-state index in [1.165, 1.54) is 23.3 Å². The first-order chi connectivity index (χ1) is 11.0.